The number of nitrogen functional groups attached to an aromatic ring is 1. The van der Waals surface area contributed by atoms with Crippen LogP contribution in [0.1, 0.15) is 29.6 Å². The Bertz CT molecular complexity index is 462. The number of carbonyl (C=O) groups is 1. The van der Waals surface area contributed by atoms with Gasteiger partial charge in [0, 0.05) is 13.1 Å². The Hall–Kier alpha value is -1.30. The molecule has 0 radical (unpaired) electrons. The molecule has 2 aliphatic rings. The zero-order valence-electron chi connectivity index (χ0n) is 10.4. The van der Waals surface area contributed by atoms with E-state index in [2.05, 4.69) is 9.27 Å². The quantitative estimate of drug-likeness (QED) is 0.827. The number of ether oxygens (including phenoxy) is 1. The molecule has 0 bridgehead atoms. The van der Waals surface area contributed by atoms with Crippen LogP contribution in [0.3, 0.4) is 0 Å². The van der Waals surface area contributed by atoms with Gasteiger partial charge in [-0.1, -0.05) is 6.42 Å². The third-order valence-corrected chi connectivity index (χ3v) is 5.03. The molecule has 1 saturated heterocycles. The van der Waals surface area contributed by atoms with E-state index in [4.69, 9.17) is 10.5 Å². The van der Waals surface area contributed by atoms with Gasteiger partial charge in [-0.25, -0.2) is 4.79 Å². The minimum Gasteiger partial charge on any atom is -0.465 e. The molecule has 0 amide bonds. The lowest BCUT2D eigenvalue weighted by Crippen LogP contribution is -2.22. The highest BCUT2D eigenvalue weighted by molar-refractivity contribution is 7.11. The number of hydrogen-bond donors (Lipinski definition) is 1. The van der Waals surface area contributed by atoms with E-state index in [0.29, 0.717) is 11.4 Å². The highest BCUT2D eigenvalue weighted by Gasteiger charge is 2.38. The van der Waals surface area contributed by atoms with E-state index in [0.717, 1.165) is 29.9 Å². The Labute approximate surface area is 110 Å². The van der Waals surface area contributed by atoms with Gasteiger partial charge in [0.25, 0.3) is 0 Å². The van der Waals surface area contributed by atoms with Gasteiger partial charge >= 0.3 is 5.97 Å². The average Bonchev–Trinajstić information content (AvgIpc) is 3.00. The second-order valence-electron chi connectivity index (χ2n) is 5.10. The van der Waals surface area contributed by atoms with Crippen molar-refractivity contribution in [3.63, 3.8) is 0 Å². The normalized spacial score (nSPS) is 26.4. The Morgan fingerprint density at radius 1 is 1.44 bits per heavy atom. The molecular weight excluding hydrogens is 250 g/mol. The van der Waals surface area contributed by atoms with Crippen LogP contribution in [0.15, 0.2) is 0 Å². The van der Waals surface area contributed by atoms with Crippen molar-refractivity contribution in [2.24, 2.45) is 11.8 Å². The summed E-state index contributed by atoms with van der Waals surface area (Å²) >= 11 is 1.31. The number of anilines is 2. The van der Waals surface area contributed by atoms with Crippen molar-refractivity contribution < 1.29 is 9.53 Å². The molecule has 1 aromatic heterocycles. The second-order valence-corrected chi connectivity index (χ2v) is 5.85. The fourth-order valence-electron chi connectivity index (χ4n) is 3.20. The maximum atomic E-state index is 11.8. The van der Waals surface area contributed by atoms with Crippen molar-refractivity contribution in [2.45, 2.75) is 19.3 Å². The topological polar surface area (TPSA) is 68.5 Å². The van der Waals surface area contributed by atoms with E-state index in [-0.39, 0.29) is 5.97 Å². The predicted molar refractivity (Wildman–Crippen MR) is 70.9 cm³/mol. The SMILES string of the molecule is COC(=O)c1c(N)nsc1N1CC2CCCC2C1. The molecule has 1 aromatic rings. The highest BCUT2D eigenvalue weighted by atomic mass is 32.1. The molecule has 2 unspecified atom stereocenters. The first-order valence-corrected chi connectivity index (χ1v) is 7.06. The summed E-state index contributed by atoms with van der Waals surface area (Å²) in [5, 5.41) is 0.883. The van der Waals surface area contributed by atoms with E-state index in [1.165, 1.54) is 37.9 Å². The third-order valence-electron chi connectivity index (χ3n) is 4.10. The van der Waals surface area contributed by atoms with Crippen LogP contribution < -0.4 is 10.6 Å². The van der Waals surface area contributed by atoms with Crippen molar-refractivity contribution >= 4 is 28.3 Å². The maximum absolute atomic E-state index is 11.8. The van der Waals surface area contributed by atoms with Crippen molar-refractivity contribution in [3.8, 4) is 0 Å². The van der Waals surface area contributed by atoms with Crippen molar-refractivity contribution in [1.82, 2.24) is 4.37 Å². The van der Waals surface area contributed by atoms with Crippen LogP contribution in [0.2, 0.25) is 0 Å². The molecule has 1 aliphatic heterocycles. The summed E-state index contributed by atoms with van der Waals surface area (Å²) in [6.45, 7) is 2.05. The first-order chi connectivity index (χ1) is 8.70. The standard InChI is InChI=1S/C12H17N3O2S/c1-17-12(16)9-10(13)14-18-11(9)15-5-7-3-2-4-8(7)6-15/h7-8H,2-6H2,1H3,(H2,13,14). The van der Waals surface area contributed by atoms with Crippen LogP contribution in [0.5, 0.6) is 0 Å². The van der Waals surface area contributed by atoms with Gasteiger partial charge < -0.3 is 15.4 Å². The molecule has 18 heavy (non-hydrogen) atoms. The molecule has 2 N–H and O–H groups in total. The summed E-state index contributed by atoms with van der Waals surface area (Å²) in [5.74, 6) is 1.46. The lowest BCUT2D eigenvalue weighted by molar-refractivity contribution is 0.0603. The van der Waals surface area contributed by atoms with Crippen molar-refractivity contribution in [1.29, 1.82) is 0 Å². The van der Waals surface area contributed by atoms with E-state index in [1.807, 2.05) is 0 Å². The minimum atomic E-state index is -0.381. The zero-order valence-corrected chi connectivity index (χ0v) is 11.2. The zero-order chi connectivity index (χ0) is 12.7. The van der Waals surface area contributed by atoms with Gasteiger partial charge in [-0.15, -0.1) is 0 Å². The van der Waals surface area contributed by atoms with Crippen LogP contribution in [0, 0.1) is 11.8 Å². The molecular formula is C12H17N3O2S. The first kappa shape index (κ1) is 11.8. The van der Waals surface area contributed by atoms with Crippen LogP contribution in [-0.4, -0.2) is 30.5 Å². The molecule has 2 atom stereocenters. The number of esters is 1. The number of aromatic nitrogens is 1. The van der Waals surface area contributed by atoms with Gasteiger partial charge in [-0.2, -0.15) is 4.37 Å². The molecule has 0 aromatic carbocycles. The van der Waals surface area contributed by atoms with E-state index >= 15 is 0 Å². The molecule has 1 aliphatic carbocycles. The van der Waals surface area contributed by atoms with E-state index in [9.17, 15) is 4.79 Å². The summed E-state index contributed by atoms with van der Waals surface area (Å²) in [6, 6.07) is 0. The van der Waals surface area contributed by atoms with Gasteiger partial charge in [0.05, 0.1) is 7.11 Å². The molecule has 2 fully saturated rings. The van der Waals surface area contributed by atoms with E-state index in [1.54, 1.807) is 0 Å². The molecule has 2 heterocycles. The number of rotatable bonds is 2. The lowest BCUT2D eigenvalue weighted by Gasteiger charge is -2.18. The predicted octanol–water partition coefficient (Wildman–Crippen LogP) is 1.75. The Kier molecular flexibility index (Phi) is 2.89. The maximum Gasteiger partial charge on any atom is 0.344 e. The van der Waals surface area contributed by atoms with Gasteiger partial charge in [-0.3, -0.25) is 0 Å². The summed E-state index contributed by atoms with van der Waals surface area (Å²) in [4.78, 5) is 14.0. The number of fused-ring (bicyclic) bond motifs is 1. The number of nitrogens with zero attached hydrogens (tertiary/aromatic N) is 2. The fourth-order valence-corrected chi connectivity index (χ4v) is 4.02. The number of hydrogen-bond acceptors (Lipinski definition) is 6. The number of nitrogens with two attached hydrogens (primary N) is 1. The highest BCUT2D eigenvalue weighted by Crippen LogP contribution is 2.42. The fraction of sp³-hybridized carbons (Fsp3) is 0.667. The number of carbonyl (C=O) groups excluding carboxylic acids is 1. The van der Waals surface area contributed by atoms with Gasteiger partial charge in [-0.05, 0) is 36.2 Å². The molecule has 3 rings (SSSR count). The average molecular weight is 267 g/mol. The van der Waals surface area contributed by atoms with Gasteiger partial charge in [0.15, 0.2) is 5.82 Å². The van der Waals surface area contributed by atoms with Crippen LogP contribution in [0.4, 0.5) is 10.8 Å². The molecule has 6 heteroatoms. The smallest absolute Gasteiger partial charge is 0.344 e. The van der Waals surface area contributed by atoms with Crippen LogP contribution >= 0.6 is 11.5 Å². The molecule has 0 spiro atoms. The Morgan fingerprint density at radius 2 is 2.11 bits per heavy atom. The first-order valence-electron chi connectivity index (χ1n) is 6.29. The molecule has 5 nitrogen and oxygen atoms in total. The second kappa shape index (κ2) is 4.42. The number of methoxy groups -OCH3 is 1. The van der Waals surface area contributed by atoms with Gasteiger partial charge in [0.1, 0.15) is 10.6 Å². The summed E-state index contributed by atoms with van der Waals surface area (Å²) in [6.07, 6.45) is 3.96. The Morgan fingerprint density at radius 3 is 2.72 bits per heavy atom. The Balaban J connectivity index is 1.87. The summed E-state index contributed by atoms with van der Waals surface area (Å²) in [7, 11) is 1.38. The summed E-state index contributed by atoms with van der Waals surface area (Å²) in [5.41, 5.74) is 6.22. The third kappa shape index (κ3) is 1.75. The van der Waals surface area contributed by atoms with E-state index < -0.39 is 0 Å². The minimum absolute atomic E-state index is 0.291. The van der Waals surface area contributed by atoms with Gasteiger partial charge in [0.2, 0.25) is 0 Å². The van der Waals surface area contributed by atoms with Crippen molar-refractivity contribution in [3.05, 3.63) is 5.56 Å². The van der Waals surface area contributed by atoms with Crippen molar-refractivity contribution in [2.75, 3.05) is 30.8 Å². The molecule has 98 valence electrons. The lowest BCUT2D eigenvalue weighted by atomic mass is 10.0. The summed E-state index contributed by atoms with van der Waals surface area (Å²) < 4.78 is 8.89. The largest absolute Gasteiger partial charge is 0.465 e. The van der Waals surface area contributed by atoms with Crippen LogP contribution in [0.25, 0.3) is 0 Å². The monoisotopic (exact) mass is 267 g/mol. The van der Waals surface area contributed by atoms with Crippen LogP contribution in [-0.2, 0) is 4.74 Å². The molecule has 1 saturated carbocycles.